The fourth-order valence-corrected chi connectivity index (χ4v) is 4.19. The maximum absolute atomic E-state index is 12.5. The van der Waals surface area contributed by atoms with E-state index in [0.29, 0.717) is 6.54 Å². The molecular formula is C28H29N3O4. The number of rotatable bonds is 8. The Labute approximate surface area is 205 Å². The first-order valence-corrected chi connectivity index (χ1v) is 11.6. The Bertz CT molecular complexity index is 1250. The molecule has 2 aromatic carbocycles. The van der Waals surface area contributed by atoms with Crippen molar-refractivity contribution in [3.63, 3.8) is 0 Å². The van der Waals surface area contributed by atoms with Gasteiger partial charge in [-0.1, -0.05) is 0 Å². The van der Waals surface area contributed by atoms with Crippen molar-refractivity contribution >= 4 is 12.0 Å². The van der Waals surface area contributed by atoms with Crippen LogP contribution in [0.25, 0.3) is 11.8 Å². The van der Waals surface area contributed by atoms with E-state index in [2.05, 4.69) is 9.88 Å². The molecule has 3 aromatic rings. The van der Waals surface area contributed by atoms with Crippen LogP contribution < -0.4 is 14.8 Å². The number of nitriles is 1. The van der Waals surface area contributed by atoms with E-state index in [9.17, 15) is 10.1 Å². The third-order valence-electron chi connectivity index (χ3n) is 6.04. The van der Waals surface area contributed by atoms with Crippen LogP contribution in [0, 0.1) is 25.2 Å². The summed E-state index contributed by atoms with van der Waals surface area (Å²) in [5, 5.41) is 12.4. The van der Waals surface area contributed by atoms with Crippen molar-refractivity contribution < 1.29 is 19.0 Å². The lowest BCUT2D eigenvalue weighted by atomic mass is 10.1. The minimum absolute atomic E-state index is 0.0284. The average molecular weight is 472 g/mol. The van der Waals surface area contributed by atoms with Gasteiger partial charge in [-0.2, -0.15) is 5.26 Å². The summed E-state index contributed by atoms with van der Waals surface area (Å²) in [6.45, 7) is 5.11. The van der Waals surface area contributed by atoms with E-state index in [1.807, 2.05) is 74.5 Å². The summed E-state index contributed by atoms with van der Waals surface area (Å²) in [5.74, 6) is 1.83. The van der Waals surface area contributed by atoms with Gasteiger partial charge in [0.1, 0.15) is 28.9 Å². The standard InChI is InChI=1S/C28H29N3O4/c1-19-15-21(16-22(17-29)28(32)30-18-27-5-4-14-34-27)20(2)31(19)23-6-8-25(9-7-23)35-26-12-10-24(33-3)11-13-26/h6-13,15-16,27H,4-5,14,18H2,1-3H3,(H,30,32)/b22-16+/t27-/m0/s1. The van der Waals surface area contributed by atoms with Gasteiger partial charge in [0.2, 0.25) is 0 Å². The third kappa shape index (κ3) is 5.73. The van der Waals surface area contributed by atoms with Crippen LogP contribution in [-0.2, 0) is 9.53 Å². The van der Waals surface area contributed by atoms with E-state index in [1.165, 1.54) is 0 Å². The second-order valence-corrected chi connectivity index (χ2v) is 8.45. The lowest BCUT2D eigenvalue weighted by Crippen LogP contribution is -2.32. The van der Waals surface area contributed by atoms with Gasteiger partial charge < -0.3 is 24.1 Å². The van der Waals surface area contributed by atoms with Crippen LogP contribution in [0.3, 0.4) is 0 Å². The molecule has 2 heterocycles. The molecule has 1 fully saturated rings. The van der Waals surface area contributed by atoms with Gasteiger partial charge in [-0.25, -0.2) is 0 Å². The molecular weight excluding hydrogens is 442 g/mol. The number of ether oxygens (including phenoxy) is 3. The Balaban J connectivity index is 1.49. The van der Waals surface area contributed by atoms with Gasteiger partial charge >= 0.3 is 0 Å². The number of aromatic nitrogens is 1. The zero-order chi connectivity index (χ0) is 24.8. The summed E-state index contributed by atoms with van der Waals surface area (Å²) in [6, 6.07) is 19.2. The number of benzene rings is 2. The summed E-state index contributed by atoms with van der Waals surface area (Å²) < 4.78 is 18.7. The smallest absolute Gasteiger partial charge is 0.262 e. The van der Waals surface area contributed by atoms with Gasteiger partial charge in [0.15, 0.2) is 0 Å². The normalized spacial score (nSPS) is 15.5. The van der Waals surface area contributed by atoms with Gasteiger partial charge in [-0.15, -0.1) is 0 Å². The van der Waals surface area contributed by atoms with E-state index in [1.54, 1.807) is 13.2 Å². The SMILES string of the molecule is COc1ccc(Oc2ccc(-n3c(C)cc(/C=C(\C#N)C(=O)NC[C@@H]4CCCO4)c3C)cc2)cc1. The van der Waals surface area contributed by atoms with Gasteiger partial charge in [-0.05, 0) is 92.9 Å². The van der Waals surface area contributed by atoms with Crippen LogP contribution >= 0.6 is 0 Å². The maximum atomic E-state index is 12.5. The molecule has 1 aliphatic rings. The Morgan fingerprint density at radius 3 is 2.40 bits per heavy atom. The van der Waals surface area contributed by atoms with Crippen molar-refractivity contribution in [1.29, 1.82) is 5.26 Å². The Hall–Kier alpha value is -4.02. The summed E-state index contributed by atoms with van der Waals surface area (Å²) in [5.41, 5.74) is 3.79. The fraction of sp³-hybridized carbons (Fsp3) is 0.286. The van der Waals surface area contributed by atoms with Crippen LogP contribution in [0.1, 0.15) is 29.8 Å². The zero-order valence-electron chi connectivity index (χ0n) is 20.2. The average Bonchev–Trinajstić information content (AvgIpc) is 3.49. The molecule has 4 rings (SSSR count). The second kappa shape index (κ2) is 10.9. The van der Waals surface area contributed by atoms with E-state index in [0.717, 1.165) is 59.3 Å². The first-order chi connectivity index (χ1) is 17.0. The highest BCUT2D eigenvalue weighted by molar-refractivity contribution is 6.01. The molecule has 0 saturated carbocycles. The highest BCUT2D eigenvalue weighted by Gasteiger charge is 2.18. The van der Waals surface area contributed by atoms with Gasteiger partial charge in [-0.3, -0.25) is 4.79 Å². The molecule has 1 saturated heterocycles. The Morgan fingerprint density at radius 2 is 1.80 bits per heavy atom. The maximum Gasteiger partial charge on any atom is 0.262 e. The monoisotopic (exact) mass is 471 g/mol. The Morgan fingerprint density at radius 1 is 1.14 bits per heavy atom. The molecule has 180 valence electrons. The molecule has 0 radical (unpaired) electrons. The molecule has 1 aromatic heterocycles. The predicted molar refractivity (Wildman–Crippen MR) is 134 cm³/mol. The summed E-state index contributed by atoms with van der Waals surface area (Å²) in [7, 11) is 1.63. The van der Waals surface area contributed by atoms with Gasteiger partial charge in [0.25, 0.3) is 5.91 Å². The second-order valence-electron chi connectivity index (χ2n) is 8.45. The number of methoxy groups -OCH3 is 1. The summed E-state index contributed by atoms with van der Waals surface area (Å²) in [6.07, 6.45) is 3.60. The highest BCUT2D eigenvalue weighted by atomic mass is 16.5. The fourth-order valence-electron chi connectivity index (χ4n) is 4.19. The van der Waals surface area contributed by atoms with E-state index < -0.39 is 0 Å². The van der Waals surface area contributed by atoms with Crippen molar-refractivity contribution in [3.8, 4) is 29.0 Å². The van der Waals surface area contributed by atoms with Crippen molar-refractivity contribution in [2.75, 3.05) is 20.3 Å². The number of aryl methyl sites for hydroxylation is 1. The lowest BCUT2D eigenvalue weighted by molar-refractivity contribution is -0.117. The van der Waals surface area contributed by atoms with Crippen LogP contribution in [-0.4, -0.2) is 36.8 Å². The minimum atomic E-state index is -0.382. The first-order valence-electron chi connectivity index (χ1n) is 11.6. The molecule has 0 unspecified atom stereocenters. The molecule has 7 nitrogen and oxygen atoms in total. The number of hydrogen-bond donors (Lipinski definition) is 1. The lowest BCUT2D eigenvalue weighted by Gasteiger charge is -2.12. The van der Waals surface area contributed by atoms with Crippen LogP contribution in [0.2, 0.25) is 0 Å². The number of nitrogens with one attached hydrogen (secondary N) is 1. The first kappa shape index (κ1) is 24.1. The van der Waals surface area contributed by atoms with Crippen molar-refractivity contribution in [2.24, 2.45) is 0 Å². The highest BCUT2D eigenvalue weighted by Crippen LogP contribution is 2.27. The van der Waals surface area contributed by atoms with Crippen molar-refractivity contribution in [3.05, 3.63) is 77.1 Å². The van der Waals surface area contributed by atoms with E-state index >= 15 is 0 Å². The summed E-state index contributed by atoms with van der Waals surface area (Å²) in [4.78, 5) is 12.5. The van der Waals surface area contributed by atoms with Gasteiger partial charge in [0.05, 0.1) is 13.2 Å². The quantitative estimate of drug-likeness (QED) is 0.365. The molecule has 1 amide bonds. The summed E-state index contributed by atoms with van der Waals surface area (Å²) >= 11 is 0. The number of nitrogens with zero attached hydrogens (tertiary/aromatic N) is 2. The van der Waals surface area contributed by atoms with Crippen molar-refractivity contribution in [1.82, 2.24) is 9.88 Å². The molecule has 0 aliphatic carbocycles. The van der Waals surface area contributed by atoms with E-state index in [-0.39, 0.29) is 17.6 Å². The minimum Gasteiger partial charge on any atom is -0.497 e. The number of amides is 1. The van der Waals surface area contributed by atoms with Crippen LogP contribution in [0.15, 0.2) is 60.2 Å². The number of carbonyl (C=O) groups is 1. The molecule has 0 bridgehead atoms. The Kier molecular flexibility index (Phi) is 7.54. The molecule has 0 spiro atoms. The molecule has 1 atom stereocenters. The predicted octanol–water partition coefficient (Wildman–Crippen LogP) is 5.10. The number of hydrogen-bond acceptors (Lipinski definition) is 5. The largest absolute Gasteiger partial charge is 0.497 e. The zero-order valence-corrected chi connectivity index (χ0v) is 20.2. The molecule has 7 heteroatoms. The third-order valence-corrected chi connectivity index (χ3v) is 6.04. The molecule has 1 N–H and O–H groups in total. The number of carbonyl (C=O) groups excluding carboxylic acids is 1. The molecule has 35 heavy (non-hydrogen) atoms. The van der Waals surface area contributed by atoms with Crippen LogP contribution in [0.5, 0.6) is 17.2 Å². The van der Waals surface area contributed by atoms with Crippen LogP contribution in [0.4, 0.5) is 0 Å². The molecule has 1 aliphatic heterocycles. The van der Waals surface area contributed by atoms with Crippen molar-refractivity contribution in [2.45, 2.75) is 32.8 Å². The van der Waals surface area contributed by atoms with E-state index in [4.69, 9.17) is 14.2 Å². The van der Waals surface area contributed by atoms with Gasteiger partial charge in [0, 0.05) is 30.2 Å². The topological polar surface area (TPSA) is 85.5 Å².